The molecule has 1 aliphatic rings. The van der Waals surface area contributed by atoms with Crippen molar-refractivity contribution >= 4 is 128 Å². The van der Waals surface area contributed by atoms with E-state index in [9.17, 15) is 63.3 Å². The molecule has 0 saturated carbocycles. The lowest BCUT2D eigenvalue weighted by Gasteiger charge is -2.29. The molecular formula is C82H110N22O19S2. The highest BCUT2D eigenvalue weighted by Crippen LogP contribution is 2.25. The van der Waals surface area contributed by atoms with Crippen LogP contribution < -0.4 is 108 Å². The van der Waals surface area contributed by atoms with Crippen LogP contribution in [0.25, 0.3) is 0 Å². The first-order chi connectivity index (χ1) is 59.3. The molecule has 5 aromatic rings. The van der Waals surface area contributed by atoms with Crippen molar-refractivity contribution in [1.82, 2.24) is 85.1 Å². The van der Waals surface area contributed by atoms with E-state index in [1.165, 1.54) is 76.2 Å². The van der Waals surface area contributed by atoms with Crippen molar-refractivity contribution in [1.29, 1.82) is 10.8 Å². The molecule has 0 aliphatic carbocycles. The molecule has 0 radical (unpaired) electrons. The summed E-state index contributed by atoms with van der Waals surface area (Å²) in [5.74, 6) is -18.9. The molecule has 1 saturated heterocycles. The van der Waals surface area contributed by atoms with E-state index in [4.69, 9.17) is 33.8 Å². The maximum Gasteiger partial charge on any atom is 0.245 e. The Morgan fingerprint density at radius 3 is 1.31 bits per heavy atom. The lowest BCUT2D eigenvalue weighted by Crippen LogP contribution is -2.62. The summed E-state index contributed by atoms with van der Waals surface area (Å²) in [5.41, 5.74) is 24.3. The molecule has 16 amide bonds. The van der Waals surface area contributed by atoms with Crippen LogP contribution in [0.1, 0.15) is 94.5 Å². The van der Waals surface area contributed by atoms with Gasteiger partial charge in [-0.3, -0.25) is 87.5 Å². The number of nitrogens with one attached hydrogen (secondary N) is 18. The van der Waals surface area contributed by atoms with Gasteiger partial charge < -0.3 is 123 Å². The molecular weight excluding hydrogens is 1660 g/mol. The van der Waals surface area contributed by atoms with Gasteiger partial charge in [-0.2, -0.15) is 0 Å². The Balaban J connectivity index is 1.53. The van der Waals surface area contributed by atoms with Crippen molar-refractivity contribution in [2.45, 2.75) is 190 Å². The van der Waals surface area contributed by atoms with E-state index in [1.54, 1.807) is 91.0 Å². The van der Waals surface area contributed by atoms with Gasteiger partial charge in [-0.1, -0.05) is 137 Å². The quantitative estimate of drug-likeness (QED) is 0.00783. The smallest absolute Gasteiger partial charge is 0.245 e. The van der Waals surface area contributed by atoms with Crippen molar-refractivity contribution in [3.8, 4) is 11.5 Å². The number of aliphatic hydroxyl groups is 1. The maximum atomic E-state index is 15.6. The zero-order valence-corrected chi connectivity index (χ0v) is 71.0. The number of hydrogen-bond donors (Lipinski definition) is 25. The zero-order valence-electron chi connectivity index (χ0n) is 69.3. The van der Waals surface area contributed by atoms with E-state index in [2.05, 4.69) is 85.1 Å². The Morgan fingerprint density at radius 1 is 0.448 bits per heavy atom. The van der Waals surface area contributed by atoms with Crippen LogP contribution in [0, 0.1) is 10.8 Å². The third-order valence-electron chi connectivity index (χ3n) is 19.3. The second-order valence-electron chi connectivity index (χ2n) is 29.6. The fourth-order valence-corrected chi connectivity index (χ4v) is 14.8. The second-order valence-corrected chi connectivity index (χ2v) is 32.2. The number of amides is 16. The highest BCUT2D eigenvalue weighted by atomic mass is 33.1. The average Bonchev–Trinajstić information content (AvgIpc) is 0.855. The Kier molecular flexibility index (Phi) is 40.7. The normalized spacial score (nSPS) is 19.9. The van der Waals surface area contributed by atoms with Gasteiger partial charge in [0.15, 0.2) is 11.9 Å². The third kappa shape index (κ3) is 35.4. The van der Waals surface area contributed by atoms with Gasteiger partial charge in [-0.25, -0.2) is 0 Å². The molecule has 5 aromatic carbocycles. The summed E-state index contributed by atoms with van der Waals surface area (Å²) in [4.78, 5) is 230. The largest absolute Gasteiger partial charge is 0.508 e. The number of carbonyl (C=O) groups is 16. The summed E-state index contributed by atoms with van der Waals surface area (Å²) in [6, 6.07) is 12.2. The van der Waals surface area contributed by atoms with Crippen molar-refractivity contribution in [2.75, 3.05) is 24.6 Å². The molecule has 43 heteroatoms. The first-order valence-electron chi connectivity index (χ1n) is 39.9. The number of phenolic OH excluding ortho intramolecular Hbond substituents is 2. The fraction of sp³-hybridized carbons (Fsp3) is 0.415. The van der Waals surface area contributed by atoms with Crippen LogP contribution in [-0.2, 0) is 109 Å². The number of aromatic hydroxyl groups is 2. The Morgan fingerprint density at radius 2 is 0.856 bits per heavy atom. The van der Waals surface area contributed by atoms with Crippen molar-refractivity contribution in [2.24, 2.45) is 22.9 Å². The van der Waals surface area contributed by atoms with Crippen molar-refractivity contribution in [3.63, 3.8) is 0 Å². The average molecular weight is 1770 g/mol. The first kappa shape index (κ1) is 100. The van der Waals surface area contributed by atoms with Gasteiger partial charge >= 0.3 is 0 Å². The summed E-state index contributed by atoms with van der Waals surface area (Å²) < 4.78 is 0. The molecule has 0 spiro atoms. The van der Waals surface area contributed by atoms with Crippen molar-refractivity contribution < 1.29 is 92.0 Å². The molecule has 674 valence electrons. The Labute approximate surface area is 728 Å². The molecule has 6 rings (SSSR count). The molecule has 1 aliphatic heterocycles. The van der Waals surface area contributed by atoms with E-state index in [1.807, 2.05) is 0 Å². The molecule has 29 N–H and O–H groups in total. The number of phenols is 2. The van der Waals surface area contributed by atoms with Gasteiger partial charge in [0.1, 0.15) is 96.1 Å². The minimum Gasteiger partial charge on any atom is -0.508 e. The number of hydrogen-bond acceptors (Lipinski definition) is 23. The fourth-order valence-electron chi connectivity index (χ4n) is 12.5. The first-order valence-corrected chi connectivity index (χ1v) is 42.4. The number of aliphatic hydroxyl groups excluding tert-OH is 1. The number of benzene rings is 5. The predicted molar refractivity (Wildman–Crippen MR) is 462 cm³/mol. The summed E-state index contributed by atoms with van der Waals surface area (Å²) >= 11 is 0. The van der Waals surface area contributed by atoms with Gasteiger partial charge in [-0.05, 0) is 105 Å². The van der Waals surface area contributed by atoms with Gasteiger partial charge in [0.25, 0.3) is 0 Å². The highest BCUT2D eigenvalue weighted by molar-refractivity contribution is 8.76. The second kappa shape index (κ2) is 50.7. The van der Waals surface area contributed by atoms with Crippen LogP contribution in [0.2, 0.25) is 0 Å². The molecule has 15 atom stereocenters. The summed E-state index contributed by atoms with van der Waals surface area (Å²) in [5, 5.41) is 87.3. The minimum atomic E-state index is -1.87. The molecule has 125 heavy (non-hydrogen) atoms. The molecule has 0 aromatic heterocycles. The molecule has 41 nitrogen and oxygen atoms in total. The third-order valence-corrected chi connectivity index (χ3v) is 21.7. The van der Waals surface area contributed by atoms with Crippen molar-refractivity contribution in [3.05, 3.63) is 167 Å². The van der Waals surface area contributed by atoms with Gasteiger partial charge in [0.2, 0.25) is 94.5 Å². The zero-order chi connectivity index (χ0) is 92.0. The van der Waals surface area contributed by atoms with E-state index in [0.717, 1.165) is 28.5 Å². The number of guanidine groups is 2. The molecule has 1 heterocycles. The Hall–Kier alpha value is -13.6. The summed E-state index contributed by atoms with van der Waals surface area (Å²) in [6.45, 7) is 6.02. The van der Waals surface area contributed by atoms with Gasteiger partial charge in [0, 0.05) is 63.6 Å². The Bertz CT molecular complexity index is 4590. The van der Waals surface area contributed by atoms with E-state index in [0.29, 0.717) is 27.8 Å². The predicted octanol–water partition coefficient (Wildman–Crippen LogP) is -4.86. The van der Waals surface area contributed by atoms with E-state index < -0.39 is 216 Å². The van der Waals surface area contributed by atoms with Crippen LogP contribution >= 0.6 is 21.6 Å². The standard InChI is InChI=1S/C82H110N22O19S2/c1-43(68(111)95-55(67(84)110)23-15-33-89-81(85)86)91-72(115)57(38-51-25-29-53(107)30-26-51)101-79(122)64-42-125-124-41-63(103-77(120)59(39-52-27-31-54(108)32-28-52)98-70(113)45(3)93-80(123)66(46(4)105)94-47(5)106)78(121)96-56(24-16-34-90-82(87)88)71(114)99-60(36-49-19-11-7-12-20-49)74(117)100-61(37-50-21-13-8-14-22-50)75(118)102-62(40-65(83)109)73(116)92-44(2)69(112)97-58(76(119)104-64)35-48-17-9-6-10-18-48/h6-14,17-22,25-32,43-46,55-64,66,105,107-108H,15-16,23-24,33-42H2,1-5H3,(H2,83,109)(H2,84,110)(H,91,115)(H,92,116)(H,93,123)(H,94,106)(H,95,111)(H,96,121)(H,97,112)(H,98,113)(H,99,114)(H,100,117)(H,101,122)(H,102,118)(H,103,120)(H,104,119)(H4,85,86,89)(H4,87,88,90)/t43-,44-,45-,46+,55-,56-,57-,58-,59-,60-,61-,62-,63-,64-,66-/m0/s1. The lowest BCUT2D eigenvalue weighted by molar-refractivity contribution is -0.136. The SMILES string of the molecule is CC(=O)N[C@H](C(=O)N[C@@H](C)C(=O)N[C@@H](Cc1ccc(O)cc1)C(=O)N[C@H]1CSSC[C@@H](C(=O)N[C@@H](Cc2ccc(O)cc2)C(=O)N[C@@H](C)C(=O)N[C@@H](CCCNC(=N)N)C(N)=O)NC(=O)[C@H](Cc2ccccc2)NC(=O)[C@H](C)NC(=O)[C@H](CC(N)=O)NC(=O)[C@H](Cc2ccccc2)NC(=O)[C@H](Cc2ccccc2)NC(=O)[C@H](CCCNC(=N)N)NC1=O)[C@@H](C)O. The number of carbonyl (C=O) groups excluding carboxylic acids is 16. The number of primary amides is 2. The molecule has 0 unspecified atom stereocenters. The summed E-state index contributed by atoms with van der Waals surface area (Å²) in [6.07, 6.45) is -4.27. The van der Waals surface area contributed by atoms with Crippen LogP contribution in [0.3, 0.4) is 0 Å². The van der Waals surface area contributed by atoms with Crippen LogP contribution in [0.5, 0.6) is 11.5 Å². The highest BCUT2D eigenvalue weighted by Gasteiger charge is 2.39. The maximum absolute atomic E-state index is 15.6. The van der Waals surface area contributed by atoms with Gasteiger partial charge in [-0.15, -0.1) is 0 Å². The van der Waals surface area contributed by atoms with Crippen LogP contribution in [0.4, 0.5) is 0 Å². The summed E-state index contributed by atoms with van der Waals surface area (Å²) in [7, 11) is 1.53. The van der Waals surface area contributed by atoms with E-state index >= 15 is 28.8 Å². The lowest BCUT2D eigenvalue weighted by atomic mass is 10.0. The minimum absolute atomic E-state index is 0.0300. The topological polar surface area (TPSA) is 678 Å². The van der Waals surface area contributed by atoms with E-state index in [-0.39, 0.29) is 81.9 Å². The number of nitrogens with two attached hydrogens (primary N) is 4. The van der Waals surface area contributed by atoms with Crippen LogP contribution in [-0.4, -0.2) is 237 Å². The monoisotopic (exact) mass is 1770 g/mol. The molecule has 0 bridgehead atoms. The number of rotatable bonds is 35. The molecule has 1 fully saturated rings. The van der Waals surface area contributed by atoms with Crippen LogP contribution in [0.15, 0.2) is 140 Å². The van der Waals surface area contributed by atoms with Gasteiger partial charge in [0.05, 0.1) is 12.5 Å².